The maximum absolute atomic E-state index is 12.1. The van der Waals surface area contributed by atoms with Gasteiger partial charge in [0.1, 0.15) is 0 Å². The van der Waals surface area contributed by atoms with E-state index in [1.165, 1.54) is 6.07 Å². The molecule has 1 amide bonds. The Bertz CT molecular complexity index is 750. The van der Waals surface area contributed by atoms with Gasteiger partial charge in [0.15, 0.2) is 5.11 Å². The van der Waals surface area contributed by atoms with Gasteiger partial charge in [0.2, 0.25) is 0 Å². The SMILES string of the molecule is Cc1cc(Cl)ccc1NC(=S)NC(=O)c1ccc(Cl)c(Cl)c1. The van der Waals surface area contributed by atoms with Crippen molar-refractivity contribution >= 4 is 63.7 Å². The van der Waals surface area contributed by atoms with Crippen molar-refractivity contribution in [2.45, 2.75) is 6.92 Å². The van der Waals surface area contributed by atoms with Gasteiger partial charge in [0.25, 0.3) is 5.91 Å². The second-order valence-corrected chi connectivity index (χ2v) is 6.16. The van der Waals surface area contributed by atoms with Crippen LogP contribution in [-0.4, -0.2) is 11.0 Å². The van der Waals surface area contributed by atoms with Crippen LogP contribution in [-0.2, 0) is 0 Å². The Morgan fingerprint density at radius 2 is 1.77 bits per heavy atom. The lowest BCUT2D eigenvalue weighted by Crippen LogP contribution is -2.34. The number of amides is 1. The van der Waals surface area contributed by atoms with Crippen molar-refractivity contribution in [1.82, 2.24) is 5.32 Å². The molecule has 7 heteroatoms. The predicted octanol–water partition coefficient (Wildman–Crippen LogP) is 5.08. The molecule has 0 aliphatic heterocycles. The lowest BCUT2D eigenvalue weighted by atomic mass is 10.2. The molecule has 0 atom stereocenters. The van der Waals surface area contributed by atoms with Crippen molar-refractivity contribution in [3.05, 3.63) is 62.6 Å². The molecule has 0 radical (unpaired) electrons. The van der Waals surface area contributed by atoms with Crippen molar-refractivity contribution in [3.63, 3.8) is 0 Å². The molecule has 114 valence electrons. The van der Waals surface area contributed by atoms with E-state index >= 15 is 0 Å². The second kappa shape index (κ2) is 7.29. The molecule has 0 aromatic heterocycles. The van der Waals surface area contributed by atoms with Crippen LogP contribution in [0.4, 0.5) is 5.69 Å². The van der Waals surface area contributed by atoms with Crippen LogP contribution < -0.4 is 10.6 Å². The molecule has 2 rings (SSSR count). The highest BCUT2D eigenvalue weighted by molar-refractivity contribution is 7.80. The summed E-state index contributed by atoms with van der Waals surface area (Å²) in [5.41, 5.74) is 2.05. The van der Waals surface area contributed by atoms with E-state index in [4.69, 9.17) is 47.0 Å². The average Bonchev–Trinajstić information content (AvgIpc) is 2.45. The van der Waals surface area contributed by atoms with Gasteiger partial charge in [-0.1, -0.05) is 34.8 Å². The van der Waals surface area contributed by atoms with E-state index in [9.17, 15) is 4.79 Å². The number of hydrogen-bond acceptors (Lipinski definition) is 2. The first kappa shape index (κ1) is 17.0. The van der Waals surface area contributed by atoms with Crippen LogP contribution in [0.1, 0.15) is 15.9 Å². The largest absolute Gasteiger partial charge is 0.332 e. The standard InChI is InChI=1S/C15H11Cl3N2OS/c1-8-6-10(16)3-5-13(8)19-15(22)20-14(21)9-2-4-11(17)12(18)7-9/h2-7H,1H3,(H2,19,20,21,22). The van der Waals surface area contributed by atoms with Gasteiger partial charge in [-0.3, -0.25) is 10.1 Å². The fraction of sp³-hybridized carbons (Fsp3) is 0.0667. The molecule has 0 unspecified atom stereocenters. The lowest BCUT2D eigenvalue weighted by molar-refractivity contribution is 0.0978. The lowest BCUT2D eigenvalue weighted by Gasteiger charge is -2.12. The summed E-state index contributed by atoms with van der Waals surface area (Å²) in [6.07, 6.45) is 0. The molecular formula is C15H11Cl3N2OS. The number of halogens is 3. The second-order valence-electron chi connectivity index (χ2n) is 4.50. The van der Waals surface area contributed by atoms with E-state index in [0.717, 1.165) is 11.3 Å². The van der Waals surface area contributed by atoms with Gasteiger partial charge in [-0.25, -0.2) is 0 Å². The molecule has 0 bridgehead atoms. The Balaban J connectivity index is 2.05. The Hall–Kier alpha value is -1.33. The van der Waals surface area contributed by atoms with Crippen LogP contribution in [0, 0.1) is 6.92 Å². The number of rotatable bonds is 2. The molecule has 22 heavy (non-hydrogen) atoms. The summed E-state index contributed by atoms with van der Waals surface area (Å²) in [4.78, 5) is 12.1. The first-order valence-electron chi connectivity index (χ1n) is 6.20. The third-order valence-electron chi connectivity index (χ3n) is 2.85. The van der Waals surface area contributed by atoms with Crippen LogP contribution in [0.2, 0.25) is 15.1 Å². The van der Waals surface area contributed by atoms with Crippen molar-refractivity contribution in [1.29, 1.82) is 0 Å². The highest BCUT2D eigenvalue weighted by Crippen LogP contribution is 2.22. The minimum absolute atomic E-state index is 0.182. The minimum atomic E-state index is -0.373. The van der Waals surface area contributed by atoms with Crippen molar-refractivity contribution in [2.75, 3.05) is 5.32 Å². The monoisotopic (exact) mass is 372 g/mol. The van der Waals surface area contributed by atoms with Crippen molar-refractivity contribution in [2.24, 2.45) is 0 Å². The van der Waals surface area contributed by atoms with E-state index in [1.54, 1.807) is 30.3 Å². The average molecular weight is 374 g/mol. The molecule has 0 aliphatic rings. The molecule has 0 saturated heterocycles. The quantitative estimate of drug-likeness (QED) is 0.721. The van der Waals surface area contributed by atoms with E-state index in [2.05, 4.69) is 10.6 Å². The topological polar surface area (TPSA) is 41.1 Å². The Morgan fingerprint density at radius 3 is 2.41 bits per heavy atom. The molecule has 3 nitrogen and oxygen atoms in total. The van der Waals surface area contributed by atoms with E-state index in [1.807, 2.05) is 6.92 Å². The third kappa shape index (κ3) is 4.34. The maximum atomic E-state index is 12.1. The van der Waals surface area contributed by atoms with Crippen LogP contribution >= 0.6 is 47.0 Å². The summed E-state index contributed by atoms with van der Waals surface area (Å²) in [5, 5.41) is 7.03. The number of carbonyl (C=O) groups is 1. The van der Waals surface area contributed by atoms with Gasteiger partial charge >= 0.3 is 0 Å². The van der Waals surface area contributed by atoms with Gasteiger partial charge in [-0.2, -0.15) is 0 Å². The number of carbonyl (C=O) groups excluding carboxylic acids is 1. The van der Waals surface area contributed by atoms with Gasteiger partial charge < -0.3 is 5.32 Å². The van der Waals surface area contributed by atoms with Gasteiger partial charge in [0, 0.05) is 16.3 Å². The molecule has 2 N–H and O–H groups in total. The third-order valence-corrected chi connectivity index (χ3v) is 4.02. The van der Waals surface area contributed by atoms with Crippen molar-refractivity contribution in [3.8, 4) is 0 Å². The van der Waals surface area contributed by atoms with E-state index in [0.29, 0.717) is 20.6 Å². The molecule has 0 spiro atoms. The van der Waals surface area contributed by atoms with Crippen LogP contribution in [0.5, 0.6) is 0 Å². The number of anilines is 1. The van der Waals surface area contributed by atoms with Crippen LogP contribution in [0.15, 0.2) is 36.4 Å². The predicted molar refractivity (Wildman–Crippen MR) is 96.3 cm³/mol. The first-order chi connectivity index (χ1) is 10.4. The fourth-order valence-electron chi connectivity index (χ4n) is 1.73. The van der Waals surface area contributed by atoms with Crippen LogP contribution in [0.3, 0.4) is 0 Å². The van der Waals surface area contributed by atoms with Gasteiger partial charge in [-0.15, -0.1) is 0 Å². The smallest absolute Gasteiger partial charge is 0.257 e. The zero-order valence-corrected chi connectivity index (χ0v) is 14.5. The molecular weight excluding hydrogens is 363 g/mol. The fourth-order valence-corrected chi connectivity index (χ4v) is 2.46. The summed E-state index contributed by atoms with van der Waals surface area (Å²) in [6, 6.07) is 9.93. The molecule has 2 aromatic carbocycles. The number of nitrogens with one attached hydrogen (secondary N) is 2. The van der Waals surface area contributed by atoms with Crippen LogP contribution in [0.25, 0.3) is 0 Å². The maximum Gasteiger partial charge on any atom is 0.257 e. The Labute approximate surface area is 148 Å². The molecule has 0 aliphatic carbocycles. The summed E-state index contributed by atoms with van der Waals surface area (Å²) in [6.45, 7) is 1.89. The van der Waals surface area contributed by atoms with Gasteiger partial charge in [0.05, 0.1) is 10.0 Å². The zero-order chi connectivity index (χ0) is 16.3. The summed E-state index contributed by atoms with van der Waals surface area (Å²) >= 11 is 22.7. The molecule has 0 fully saturated rings. The molecule has 2 aromatic rings. The highest BCUT2D eigenvalue weighted by Gasteiger charge is 2.10. The Morgan fingerprint density at radius 1 is 1.05 bits per heavy atom. The van der Waals surface area contributed by atoms with E-state index < -0.39 is 0 Å². The summed E-state index contributed by atoms with van der Waals surface area (Å²) in [7, 11) is 0. The number of thiocarbonyl (C=S) groups is 1. The first-order valence-corrected chi connectivity index (χ1v) is 7.74. The number of aryl methyl sites for hydroxylation is 1. The Kier molecular flexibility index (Phi) is 5.64. The summed E-state index contributed by atoms with van der Waals surface area (Å²) in [5.74, 6) is -0.373. The number of hydrogen-bond donors (Lipinski definition) is 2. The highest BCUT2D eigenvalue weighted by atomic mass is 35.5. The normalized spacial score (nSPS) is 10.2. The molecule has 0 saturated carbocycles. The number of benzene rings is 2. The van der Waals surface area contributed by atoms with Gasteiger partial charge in [-0.05, 0) is 61.1 Å². The minimum Gasteiger partial charge on any atom is -0.332 e. The summed E-state index contributed by atoms with van der Waals surface area (Å²) < 4.78 is 0. The van der Waals surface area contributed by atoms with E-state index in [-0.39, 0.29) is 11.0 Å². The molecule has 0 heterocycles. The van der Waals surface area contributed by atoms with Crippen molar-refractivity contribution < 1.29 is 4.79 Å². The zero-order valence-electron chi connectivity index (χ0n) is 11.4.